The number of hydrogen-bond acceptors (Lipinski definition) is 1. The predicted molar refractivity (Wildman–Crippen MR) is 35.9 cm³/mol. The standard InChI is InChI=1S/C6H7OP/c1-5(7)6-3-2-4-8-6/h2-4,8H,1H3. The lowest BCUT2D eigenvalue weighted by Gasteiger charge is -1.80. The summed E-state index contributed by atoms with van der Waals surface area (Å²) >= 11 is 0. The van der Waals surface area contributed by atoms with Gasteiger partial charge in [-0.2, -0.15) is 0 Å². The molecule has 0 bridgehead atoms. The maximum atomic E-state index is 10.5. The van der Waals surface area contributed by atoms with E-state index in [0.717, 1.165) is 5.30 Å². The third-order valence-electron chi connectivity index (χ3n) is 0.977. The van der Waals surface area contributed by atoms with Crippen molar-refractivity contribution in [2.24, 2.45) is 0 Å². The highest BCUT2D eigenvalue weighted by molar-refractivity contribution is 7.31. The van der Waals surface area contributed by atoms with Crippen molar-refractivity contribution in [1.82, 2.24) is 0 Å². The molecular formula is C6H7OP. The van der Waals surface area contributed by atoms with E-state index in [-0.39, 0.29) is 5.78 Å². The number of rotatable bonds is 1. The Labute approximate surface area is 49.8 Å². The van der Waals surface area contributed by atoms with Crippen LogP contribution in [0.2, 0.25) is 0 Å². The normalized spacial score (nSPS) is 10.1. The molecule has 8 heavy (non-hydrogen) atoms. The van der Waals surface area contributed by atoms with Gasteiger partial charge < -0.3 is 0 Å². The van der Waals surface area contributed by atoms with Gasteiger partial charge in [-0.1, -0.05) is 6.07 Å². The Morgan fingerprint density at radius 2 is 2.50 bits per heavy atom. The van der Waals surface area contributed by atoms with Gasteiger partial charge in [-0.05, 0) is 18.8 Å². The van der Waals surface area contributed by atoms with Gasteiger partial charge in [0.05, 0.1) is 0 Å². The molecule has 0 fully saturated rings. The molecule has 1 atom stereocenters. The zero-order valence-electron chi connectivity index (χ0n) is 4.64. The van der Waals surface area contributed by atoms with Crippen molar-refractivity contribution in [3.63, 3.8) is 0 Å². The molecule has 0 aliphatic heterocycles. The maximum absolute atomic E-state index is 10.5. The zero-order valence-corrected chi connectivity index (χ0v) is 5.64. The van der Waals surface area contributed by atoms with Crippen molar-refractivity contribution in [2.45, 2.75) is 6.92 Å². The van der Waals surface area contributed by atoms with Crippen molar-refractivity contribution in [1.29, 1.82) is 0 Å². The number of hydrogen-bond donors (Lipinski definition) is 0. The van der Waals surface area contributed by atoms with Crippen molar-refractivity contribution in [2.75, 3.05) is 0 Å². The van der Waals surface area contributed by atoms with Crippen LogP contribution in [0.25, 0.3) is 0 Å². The van der Waals surface area contributed by atoms with E-state index in [4.69, 9.17) is 0 Å². The Balaban J connectivity index is 2.93. The van der Waals surface area contributed by atoms with Gasteiger partial charge in [0.15, 0.2) is 5.78 Å². The summed E-state index contributed by atoms with van der Waals surface area (Å²) in [6.07, 6.45) is 0. The lowest BCUT2D eigenvalue weighted by molar-refractivity contribution is 0.102. The third-order valence-corrected chi connectivity index (χ3v) is 2.17. The fourth-order valence-corrected chi connectivity index (χ4v) is 1.32. The average molecular weight is 126 g/mol. The number of carbonyl (C=O) groups is 1. The minimum Gasteiger partial charge on any atom is -0.294 e. The van der Waals surface area contributed by atoms with E-state index in [0.29, 0.717) is 8.19 Å². The van der Waals surface area contributed by atoms with Gasteiger partial charge in [0.2, 0.25) is 0 Å². The van der Waals surface area contributed by atoms with Gasteiger partial charge in [-0.15, -0.1) is 8.19 Å². The van der Waals surface area contributed by atoms with E-state index in [2.05, 4.69) is 0 Å². The molecule has 0 saturated heterocycles. The lowest BCUT2D eigenvalue weighted by atomic mass is 10.4. The molecule has 1 aromatic heterocycles. The van der Waals surface area contributed by atoms with Crippen molar-refractivity contribution in [3.8, 4) is 0 Å². The molecule has 0 aromatic carbocycles. The first-order chi connectivity index (χ1) is 3.80. The molecule has 1 rings (SSSR count). The fraction of sp³-hybridized carbons (Fsp3) is 0.167. The summed E-state index contributed by atoms with van der Waals surface area (Å²) in [5.41, 5.74) is 0. The van der Waals surface area contributed by atoms with Crippen LogP contribution >= 0.6 is 8.19 Å². The summed E-state index contributed by atoms with van der Waals surface area (Å²) in [6, 6.07) is 3.80. The van der Waals surface area contributed by atoms with Crippen LogP contribution in [0, 0.1) is 0 Å². The maximum Gasteiger partial charge on any atom is 0.163 e. The summed E-state index contributed by atoms with van der Waals surface area (Å²) in [6.45, 7) is 1.60. The Morgan fingerprint density at radius 3 is 2.75 bits per heavy atom. The summed E-state index contributed by atoms with van der Waals surface area (Å²) in [7, 11) is 0.611. The van der Waals surface area contributed by atoms with Crippen molar-refractivity contribution in [3.05, 3.63) is 23.2 Å². The highest BCUT2D eigenvalue weighted by Gasteiger charge is 1.93. The first-order valence-corrected chi connectivity index (χ1v) is 3.53. The van der Waals surface area contributed by atoms with E-state index in [1.807, 2.05) is 17.9 Å². The minimum absolute atomic E-state index is 0.202. The molecule has 0 amide bonds. The van der Waals surface area contributed by atoms with Gasteiger partial charge >= 0.3 is 0 Å². The van der Waals surface area contributed by atoms with Crippen LogP contribution in [-0.4, -0.2) is 5.78 Å². The Morgan fingerprint density at radius 1 is 1.75 bits per heavy atom. The molecule has 1 nitrogen and oxygen atoms in total. The molecule has 1 aromatic rings. The van der Waals surface area contributed by atoms with Crippen LogP contribution in [0.4, 0.5) is 0 Å². The molecule has 0 aliphatic rings. The molecule has 0 spiro atoms. The monoisotopic (exact) mass is 126 g/mol. The van der Waals surface area contributed by atoms with E-state index < -0.39 is 0 Å². The molecule has 0 radical (unpaired) electrons. The van der Waals surface area contributed by atoms with Gasteiger partial charge in [0.25, 0.3) is 0 Å². The van der Waals surface area contributed by atoms with Crippen LogP contribution in [0.5, 0.6) is 0 Å². The van der Waals surface area contributed by atoms with E-state index in [9.17, 15) is 4.79 Å². The average Bonchev–Trinajstić information content (AvgIpc) is 2.12. The predicted octanol–water partition coefficient (Wildman–Crippen LogP) is 1.92. The number of Topliss-reactive ketones (excluding diaryl/α,β-unsaturated/α-hetero) is 1. The minimum atomic E-state index is 0.202. The third kappa shape index (κ3) is 0.988. The largest absolute Gasteiger partial charge is 0.294 e. The highest BCUT2D eigenvalue weighted by atomic mass is 31.0. The molecule has 42 valence electrons. The lowest BCUT2D eigenvalue weighted by Crippen LogP contribution is -1.82. The Kier molecular flexibility index (Phi) is 1.50. The Bertz CT molecular complexity index is 176. The van der Waals surface area contributed by atoms with Crippen LogP contribution in [0.3, 0.4) is 0 Å². The first-order valence-electron chi connectivity index (χ1n) is 2.45. The molecule has 0 N–H and O–H groups in total. The van der Waals surface area contributed by atoms with E-state index in [1.54, 1.807) is 6.92 Å². The van der Waals surface area contributed by atoms with E-state index in [1.165, 1.54) is 0 Å². The van der Waals surface area contributed by atoms with Crippen molar-refractivity contribution < 1.29 is 4.79 Å². The molecule has 0 aliphatic carbocycles. The van der Waals surface area contributed by atoms with E-state index >= 15 is 0 Å². The van der Waals surface area contributed by atoms with Gasteiger partial charge in [0.1, 0.15) is 0 Å². The van der Waals surface area contributed by atoms with Crippen LogP contribution < -0.4 is 0 Å². The van der Waals surface area contributed by atoms with Gasteiger partial charge in [0, 0.05) is 5.30 Å². The van der Waals surface area contributed by atoms with Gasteiger partial charge in [-0.25, -0.2) is 0 Å². The molecular weight excluding hydrogens is 119 g/mol. The smallest absolute Gasteiger partial charge is 0.163 e. The highest BCUT2D eigenvalue weighted by Crippen LogP contribution is 2.14. The number of ketones is 1. The summed E-state index contributed by atoms with van der Waals surface area (Å²) < 4.78 is 0. The SMILES string of the molecule is CC(=O)c1ccc[pH]1. The fourth-order valence-electron chi connectivity index (χ4n) is 0.549. The second kappa shape index (κ2) is 2.15. The summed E-state index contributed by atoms with van der Waals surface area (Å²) in [5, 5.41) is 0.949. The molecule has 1 heterocycles. The summed E-state index contributed by atoms with van der Waals surface area (Å²) in [4.78, 5) is 10.5. The van der Waals surface area contributed by atoms with Crippen LogP contribution in [0.1, 0.15) is 17.0 Å². The van der Waals surface area contributed by atoms with Gasteiger partial charge in [-0.3, -0.25) is 4.79 Å². The first kappa shape index (κ1) is 5.58. The topological polar surface area (TPSA) is 17.1 Å². The van der Waals surface area contributed by atoms with Crippen molar-refractivity contribution >= 4 is 14.0 Å². The summed E-state index contributed by atoms with van der Waals surface area (Å²) in [5.74, 6) is 2.21. The quantitative estimate of drug-likeness (QED) is 0.525. The zero-order chi connectivity index (χ0) is 5.98. The molecule has 0 saturated carbocycles. The second-order valence-electron chi connectivity index (χ2n) is 1.64. The number of carbonyl (C=O) groups excluding carboxylic acids is 1. The molecule has 1 unspecified atom stereocenters. The van der Waals surface area contributed by atoms with Crippen LogP contribution in [0.15, 0.2) is 17.9 Å². The van der Waals surface area contributed by atoms with Crippen LogP contribution in [-0.2, 0) is 0 Å². The molecule has 2 heteroatoms. The second-order valence-corrected chi connectivity index (χ2v) is 2.80. The Hall–Kier alpha value is -0.550.